The molecule has 88 valence electrons. The van der Waals surface area contributed by atoms with Crippen LogP contribution < -0.4 is 5.73 Å². The molecular weight excluding hydrogens is 218 g/mol. The Labute approximate surface area is 98.8 Å². The number of aromatic nitrogens is 2. The molecule has 2 heterocycles. The third-order valence-electron chi connectivity index (χ3n) is 2.67. The first-order chi connectivity index (χ1) is 8.34. The number of nitrogen functional groups attached to an aromatic ring is 1. The smallest absolute Gasteiger partial charge is 0.217 e. The number of rotatable bonds is 2. The first kappa shape index (κ1) is 10.3. The van der Waals surface area contributed by atoms with E-state index in [1.54, 1.807) is 6.20 Å². The van der Waals surface area contributed by atoms with Gasteiger partial charge in [-0.3, -0.25) is 4.57 Å². The number of hydrogen-bond acceptors (Lipinski definition) is 4. The second kappa shape index (κ2) is 4.20. The van der Waals surface area contributed by atoms with Crippen molar-refractivity contribution in [2.24, 2.45) is 0 Å². The fourth-order valence-electron chi connectivity index (χ4n) is 1.85. The number of nitrogens with zero attached hydrogens (tertiary/aromatic N) is 2. The minimum absolute atomic E-state index is 0.373. The lowest BCUT2D eigenvalue weighted by Crippen LogP contribution is -2.07. The van der Waals surface area contributed by atoms with E-state index in [2.05, 4.69) is 4.98 Å². The molecule has 5 heteroatoms. The van der Waals surface area contributed by atoms with Gasteiger partial charge in [-0.1, -0.05) is 0 Å². The van der Waals surface area contributed by atoms with Gasteiger partial charge in [-0.25, -0.2) is 4.98 Å². The van der Waals surface area contributed by atoms with E-state index in [0.29, 0.717) is 13.2 Å². The maximum absolute atomic E-state index is 5.67. The van der Waals surface area contributed by atoms with E-state index >= 15 is 0 Å². The van der Waals surface area contributed by atoms with Crippen molar-refractivity contribution in [3.8, 4) is 5.69 Å². The Hall–Kier alpha value is -1.85. The summed E-state index contributed by atoms with van der Waals surface area (Å²) in [7, 11) is 0. The Bertz CT molecular complexity index is 501. The monoisotopic (exact) mass is 231 g/mol. The molecule has 1 fully saturated rings. The lowest BCUT2D eigenvalue weighted by molar-refractivity contribution is -0.0516. The van der Waals surface area contributed by atoms with Crippen LogP contribution in [0.5, 0.6) is 0 Å². The topological polar surface area (TPSA) is 62.3 Å². The Morgan fingerprint density at radius 2 is 1.88 bits per heavy atom. The molecule has 0 aliphatic carbocycles. The van der Waals surface area contributed by atoms with Gasteiger partial charge in [0.2, 0.25) is 6.29 Å². The minimum atomic E-state index is -0.373. The van der Waals surface area contributed by atoms with Crippen molar-refractivity contribution in [1.82, 2.24) is 9.55 Å². The van der Waals surface area contributed by atoms with Crippen LogP contribution in [0.3, 0.4) is 0 Å². The average Bonchev–Trinajstić information content (AvgIpc) is 3.00. The van der Waals surface area contributed by atoms with Crippen LogP contribution in [0.2, 0.25) is 0 Å². The largest absolute Gasteiger partial charge is 0.399 e. The second-order valence-corrected chi connectivity index (χ2v) is 3.82. The molecule has 0 unspecified atom stereocenters. The molecule has 17 heavy (non-hydrogen) atoms. The van der Waals surface area contributed by atoms with Gasteiger partial charge in [0, 0.05) is 23.8 Å². The zero-order valence-electron chi connectivity index (χ0n) is 9.24. The van der Waals surface area contributed by atoms with Crippen molar-refractivity contribution in [1.29, 1.82) is 0 Å². The van der Waals surface area contributed by atoms with Crippen molar-refractivity contribution in [3.05, 3.63) is 42.5 Å². The third-order valence-corrected chi connectivity index (χ3v) is 2.67. The van der Waals surface area contributed by atoms with Crippen LogP contribution >= 0.6 is 0 Å². The molecular formula is C12H13N3O2. The molecule has 1 aromatic carbocycles. The van der Waals surface area contributed by atoms with E-state index in [0.717, 1.165) is 17.2 Å². The number of ether oxygens (including phenoxy) is 2. The highest BCUT2D eigenvalue weighted by Crippen LogP contribution is 2.24. The van der Waals surface area contributed by atoms with Crippen molar-refractivity contribution < 1.29 is 9.47 Å². The van der Waals surface area contributed by atoms with Gasteiger partial charge in [0.25, 0.3) is 0 Å². The summed E-state index contributed by atoms with van der Waals surface area (Å²) in [6, 6.07) is 7.59. The fraction of sp³-hybridized carbons (Fsp3) is 0.250. The summed E-state index contributed by atoms with van der Waals surface area (Å²) < 4.78 is 12.8. The number of nitrogens with two attached hydrogens (primary N) is 1. The van der Waals surface area contributed by atoms with Crippen molar-refractivity contribution in [3.63, 3.8) is 0 Å². The quantitative estimate of drug-likeness (QED) is 0.795. The number of anilines is 1. The van der Waals surface area contributed by atoms with Gasteiger partial charge in [0.15, 0.2) is 5.82 Å². The first-order valence-corrected chi connectivity index (χ1v) is 5.47. The van der Waals surface area contributed by atoms with E-state index in [1.165, 1.54) is 0 Å². The van der Waals surface area contributed by atoms with Crippen LogP contribution in [-0.2, 0) is 9.47 Å². The summed E-state index contributed by atoms with van der Waals surface area (Å²) in [6.07, 6.45) is 3.24. The van der Waals surface area contributed by atoms with E-state index in [4.69, 9.17) is 15.2 Å². The molecule has 0 spiro atoms. The Kier molecular flexibility index (Phi) is 2.55. The van der Waals surface area contributed by atoms with Gasteiger partial charge in [-0.05, 0) is 24.3 Å². The number of hydrogen-bond donors (Lipinski definition) is 1. The van der Waals surface area contributed by atoms with Crippen molar-refractivity contribution >= 4 is 5.69 Å². The normalized spacial score (nSPS) is 16.5. The summed E-state index contributed by atoms with van der Waals surface area (Å²) in [6.45, 7) is 1.22. The fourth-order valence-corrected chi connectivity index (χ4v) is 1.85. The van der Waals surface area contributed by atoms with E-state index in [9.17, 15) is 0 Å². The minimum Gasteiger partial charge on any atom is -0.399 e. The zero-order chi connectivity index (χ0) is 11.7. The Morgan fingerprint density at radius 1 is 1.18 bits per heavy atom. The van der Waals surface area contributed by atoms with Crippen LogP contribution in [0.4, 0.5) is 5.69 Å². The van der Waals surface area contributed by atoms with E-state index in [-0.39, 0.29) is 6.29 Å². The summed E-state index contributed by atoms with van der Waals surface area (Å²) in [4.78, 5) is 4.28. The maximum atomic E-state index is 5.67. The molecule has 2 aromatic rings. The van der Waals surface area contributed by atoms with Gasteiger partial charge >= 0.3 is 0 Å². The molecule has 5 nitrogen and oxygen atoms in total. The van der Waals surface area contributed by atoms with Crippen LogP contribution in [0, 0.1) is 0 Å². The molecule has 0 radical (unpaired) electrons. The third kappa shape index (κ3) is 1.90. The molecule has 1 aliphatic heterocycles. The number of imidazole rings is 1. The molecule has 0 amide bonds. The SMILES string of the molecule is Nc1ccc(-n2ccnc2C2OCCO2)cc1. The molecule has 3 rings (SSSR count). The van der Waals surface area contributed by atoms with Gasteiger partial charge < -0.3 is 15.2 Å². The highest BCUT2D eigenvalue weighted by molar-refractivity contribution is 5.45. The lowest BCUT2D eigenvalue weighted by Gasteiger charge is -2.12. The van der Waals surface area contributed by atoms with Crippen molar-refractivity contribution in [2.45, 2.75) is 6.29 Å². The highest BCUT2D eigenvalue weighted by atomic mass is 16.7. The molecule has 1 aromatic heterocycles. The van der Waals surface area contributed by atoms with Crippen molar-refractivity contribution in [2.75, 3.05) is 18.9 Å². The van der Waals surface area contributed by atoms with Crippen LogP contribution in [0.25, 0.3) is 5.69 Å². The molecule has 0 saturated carbocycles. The van der Waals surface area contributed by atoms with Crippen LogP contribution in [0.15, 0.2) is 36.7 Å². The second-order valence-electron chi connectivity index (χ2n) is 3.82. The van der Waals surface area contributed by atoms with E-state index < -0.39 is 0 Å². The van der Waals surface area contributed by atoms with Crippen LogP contribution in [-0.4, -0.2) is 22.8 Å². The van der Waals surface area contributed by atoms with Gasteiger partial charge in [0.05, 0.1) is 13.2 Å². The number of benzene rings is 1. The molecule has 0 bridgehead atoms. The summed E-state index contributed by atoms with van der Waals surface area (Å²) in [5, 5.41) is 0. The molecule has 2 N–H and O–H groups in total. The summed E-state index contributed by atoms with van der Waals surface area (Å²) in [5.74, 6) is 0.757. The standard InChI is InChI=1S/C12H13N3O2/c13-9-1-3-10(4-2-9)15-6-5-14-11(15)12-16-7-8-17-12/h1-6,12H,7-8,13H2. The van der Waals surface area contributed by atoms with Gasteiger partial charge in [-0.15, -0.1) is 0 Å². The predicted molar refractivity (Wildman–Crippen MR) is 62.6 cm³/mol. The van der Waals surface area contributed by atoms with Gasteiger partial charge in [-0.2, -0.15) is 0 Å². The molecule has 1 aliphatic rings. The highest BCUT2D eigenvalue weighted by Gasteiger charge is 2.23. The lowest BCUT2D eigenvalue weighted by atomic mass is 10.3. The molecule has 0 atom stereocenters. The predicted octanol–water partition coefficient (Wildman–Crippen LogP) is 1.50. The van der Waals surface area contributed by atoms with Gasteiger partial charge in [0.1, 0.15) is 0 Å². The Balaban J connectivity index is 1.97. The maximum Gasteiger partial charge on any atom is 0.217 e. The summed E-state index contributed by atoms with van der Waals surface area (Å²) in [5.41, 5.74) is 7.40. The first-order valence-electron chi connectivity index (χ1n) is 5.47. The van der Waals surface area contributed by atoms with Crippen LogP contribution in [0.1, 0.15) is 12.1 Å². The molecule has 1 saturated heterocycles. The Morgan fingerprint density at radius 3 is 2.59 bits per heavy atom. The average molecular weight is 231 g/mol. The summed E-state index contributed by atoms with van der Waals surface area (Å²) >= 11 is 0. The zero-order valence-corrected chi connectivity index (χ0v) is 9.24. The van der Waals surface area contributed by atoms with E-state index in [1.807, 2.05) is 35.0 Å².